The summed E-state index contributed by atoms with van der Waals surface area (Å²) in [6.07, 6.45) is 3.09. The first-order valence-corrected chi connectivity index (χ1v) is 9.85. The lowest BCUT2D eigenvalue weighted by atomic mass is 9.88. The van der Waals surface area contributed by atoms with E-state index in [1.807, 2.05) is 36.4 Å². The number of para-hydroxylation sites is 1. The van der Waals surface area contributed by atoms with Gasteiger partial charge in [0.2, 0.25) is 0 Å². The van der Waals surface area contributed by atoms with Gasteiger partial charge in [0, 0.05) is 0 Å². The molecule has 0 radical (unpaired) electrons. The molecule has 0 saturated heterocycles. The van der Waals surface area contributed by atoms with Crippen molar-refractivity contribution in [3.05, 3.63) is 87.8 Å². The molecule has 1 heterocycles. The number of benzene rings is 2. The highest BCUT2D eigenvalue weighted by Gasteiger charge is 2.23. The van der Waals surface area contributed by atoms with E-state index in [4.69, 9.17) is 9.15 Å². The number of hydrogen-bond acceptors (Lipinski definition) is 3. The van der Waals surface area contributed by atoms with E-state index in [0.29, 0.717) is 11.5 Å². The van der Waals surface area contributed by atoms with E-state index in [1.54, 1.807) is 12.1 Å². The molecule has 1 aliphatic rings. The van der Waals surface area contributed by atoms with E-state index < -0.39 is 0 Å². The molecular formula is C22H20BrNO3. The fourth-order valence-corrected chi connectivity index (χ4v) is 3.82. The number of hydrogen-bond donors (Lipinski definition) is 1. The van der Waals surface area contributed by atoms with Crippen LogP contribution in [-0.4, -0.2) is 5.91 Å². The number of carbonyl (C=O) groups is 1. The highest BCUT2D eigenvalue weighted by atomic mass is 79.9. The van der Waals surface area contributed by atoms with E-state index in [9.17, 15) is 4.79 Å². The molecule has 0 unspecified atom stereocenters. The molecule has 1 aromatic heterocycles. The average molecular weight is 426 g/mol. The molecule has 5 heteroatoms. The third kappa shape index (κ3) is 4.08. The summed E-state index contributed by atoms with van der Waals surface area (Å²) < 4.78 is 12.3. The van der Waals surface area contributed by atoms with Crippen molar-refractivity contribution in [1.82, 2.24) is 5.32 Å². The number of furan rings is 1. The minimum atomic E-state index is -0.191. The van der Waals surface area contributed by atoms with Gasteiger partial charge in [-0.3, -0.25) is 4.79 Å². The minimum absolute atomic E-state index is 0.0347. The zero-order valence-corrected chi connectivity index (χ0v) is 16.4. The Bertz CT molecular complexity index is 950. The fraction of sp³-hybridized carbons (Fsp3) is 0.227. The van der Waals surface area contributed by atoms with Crippen molar-refractivity contribution in [3.63, 3.8) is 0 Å². The van der Waals surface area contributed by atoms with Gasteiger partial charge in [0.15, 0.2) is 5.76 Å². The highest BCUT2D eigenvalue weighted by molar-refractivity contribution is 9.10. The largest absolute Gasteiger partial charge is 0.484 e. The Labute approximate surface area is 166 Å². The van der Waals surface area contributed by atoms with Crippen LogP contribution in [0, 0.1) is 0 Å². The molecule has 0 aliphatic heterocycles. The van der Waals surface area contributed by atoms with Crippen molar-refractivity contribution in [2.45, 2.75) is 31.9 Å². The van der Waals surface area contributed by atoms with E-state index in [-0.39, 0.29) is 18.6 Å². The first-order chi connectivity index (χ1) is 13.2. The number of ether oxygens (including phenoxy) is 1. The van der Waals surface area contributed by atoms with Crippen molar-refractivity contribution < 1.29 is 13.9 Å². The van der Waals surface area contributed by atoms with Gasteiger partial charge in [-0.2, -0.15) is 0 Å². The second-order valence-corrected chi connectivity index (χ2v) is 7.46. The van der Waals surface area contributed by atoms with Gasteiger partial charge in [-0.15, -0.1) is 0 Å². The van der Waals surface area contributed by atoms with Crippen molar-refractivity contribution >= 4 is 21.8 Å². The Morgan fingerprint density at radius 3 is 2.81 bits per heavy atom. The van der Waals surface area contributed by atoms with E-state index in [1.165, 1.54) is 11.1 Å². The molecule has 138 valence electrons. The fourth-order valence-electron chi connectivity index (χ4n) is 3.42. The Balaban J connectivity index is 1.40. The first-order valence-electron chi connectivity index (χ1n) is 9.05. The second-order valence-electron chi connectivity index (χ2n) is 6.60. The van der Waals surface area contributed by atoms with Crippen molar-refractivity contribution in [1.29, 1.82) is 0 Å². The van der Waals surface area contributed by atoms with Gasteiger partial charge in [0.1, 0.15) is 18.1 Å². The minimum Gasteiger partial charge on any atom is -0.484 e. The molecule has 1 aliphatic carbocycles. The van der Waals surface area contributed by atoms with Gasteiger partial charge in [-0.1, -0.05) is 36.4 Å². The van der Waals surface area contributed by atoms with Crippen LogP contribution in [0.1, 0.15) is 46.3 Å². The van der Waals surface area contributed by atoms with Gasteiger partial charge < -0.3 is 14.5 Å². The van der Waals surface area contributed by atoms with E-state index in [0.717, 1.165) is 29.5 Å². The van der Waals surface area contributed by atoms with Crippen LogP contribution in [-0.2, 0) is 13.0 Å². The smallest absolute Gasteiger partial charge is 0.287 e. The lowest BCUT2D eigenvalue weighted by Gasteiger charge is -2.25. The summed E-state index contributed by atoms with van der Waals surface area (Å²) in [5.41, 5.74) is 2.53. The summed E-state index contributed by atoms with van der Waals surface area (Å²) in [5, 5.41) is 3.11. The lowest BCUT2D eigenvalue weighted by Crippen LogP contribution is -2.30. The van der Waals surface area contributed by atoms with Gasteiger partial charge in [0.25, 0.3) is 5.91 Å². The summed E-state index contributed by atoms with van der Waals surface area (Å²) in [4.78, 5) is 12.6. The maximum Gasteiger partial charge on any atom is 0.287 e. The number of amides is 1. The summed E-state index contributed by atoms with van der Waals surface area (Å²) in [6, 6.07) is 19.4. The molecule has 1 atom stereocenters. The number of fused-ring (bicyclic) bond motifs is 1. The van der Waals surface area contributed by atoms with Crippen LogP contribution in [0.25, 0.3) is 0 Å². The average Bonchev–Trinajstić information content (AvgIpc) is 3.17. The molecule has 4 rings (SSSR count). The molecule has 0 spiro atoms. The van der Waals surface area contributed by atoms with Crippen molar-refractivity contribution in [2.24, 2.45) is 0 Å². The molecule has 3 aromatic rings. The SMILES string of the molecule is O=C(N[C@H]1CCCc2ccccc21)c1ccc(COc2ccccc2Br)o1. The molecular weight excluding hydrogens is 406 g/mol. The summed E-state index contributed by atoms with van der Waals surface area (Å²) >= 11 is 3.45. The number of nitrogens with one attached hydrogen (secondary N) is 1. The van der Waals surface area contributed by atoms with Crippen LogP contribution in [0.4, 0.5) is 0 Å². The van der Waals surface area contributed by atoms with Crippen molar-refractivity contribution in [2.75, 3.05) is 0 Å². The Morgan fingerprint density at radius 2 is 1.93 bits per heavy atom. The maximum atomic E-state index is 12.6. The Kier molecular flexibility index (Phi) is 5.30. The predicted molar refractivity (Wildman–Crippen MR) is 107 cm³/mol. The van der Waals surface area contributed by atoms with E-state index >= 15 is 0 Å². The van der Waals surface area contributed by atoms with Gasteiger partial charge in [-0.05, 0) is 70.6 Å². The molecule has 4 nitrogen and oxygen atoms in total. The lowest BCUT2D eigenvalue weighted by molar-refractivity contribution is 0.0900. The molecule has 2 aromatic carbocycles. The zero-order chi connectivity index (χ0) is 18.6. The quantitative estimate of drug-likeness (QED) is 0.592. The highest BCUT2D eigenvalue weighted by Crippen LogP contribution is 2.30. The molecule has 1 amide bonds. The normalized spacial score (nSPS) is 15.8. The Morgan fingerprint density at radius 1 is 1.11 bits per heavy atom. The number of aryl methyl sites for hydroxylation is 1. The summed E-state index contributed by atoms with van der Waals surface area (Å²) in [5.74, 6) is 1.46. The molecule has 1 N–H and O–H groups in total. The second kappa shape index (κ2) is 8.01. The molecule has 0 saturated carbocycles. The van der Waals surface area contributed by atoms with Crippen LogP contribution in [0.3, 0.4) is 0 Å². The first kappa shape index (κ1) is 17.9. The zero-order valence-electron chi connectivity index (χ0n) is 14.8. The van der Waals surface area contributed by atoms with Crippen molar-refractivity contribution in [3.8, 4) is 5.75 Å². The summed E-state index contributed by atoms with van der Waals surface area (Å²) in [7, 11) is 0. The molecule has 0 fully saturated rings. The van der Waals surface area contributed by atoms with E-state index in [2.05, 4.69) is 33.4 Å². The van der Waals surface area contributed by atoms with Crippen LogP contribution in [0.2, 0.25) is 0 Å². The standard InChI is InChI=1S/C22H20BrNO3/c23-18-9-3-4-11-20(18)26-14-16-12-13-21(27-16)22(25)24-19-10-5-7-15-6-1-2-8-17(15)19/h1-4,6,8-9,11-13,19H,5,7,10,14H2,(H,24,25)/t19-/m0/s1. The third-order valence-electron chi connectivity index (χ3n) is 4.77. The van der Waals surface area contributed by atoms with Gasteiger partial charge in [-0.25, -0.2) is 0 Å². The Hall–Kier alpha value is -2.53. The van der Waals surface area contributed by atoms with Gasteiger partial charge in [0.05, 0.1) is 10.5 Å². The number of rotatable bonds is 5. The molecule has 0 bridgehead atoms. The van der Waals surface area contributed by atoms with Crippen LogP contribution < -0.4 is 10.1 Å². The number of halogens is 1. The number of carbonyl (C=O) groups excluding carboxylic acids is 1. The topological polar surface area (TPSA) is 51.5 Å². The van der Waals surface area contributed by atoms with Gasteiger partial charge >= 0.3 is 0 Å². The predicted octanol–water partition coefficient (Wildman–Crippen LogP) is 5.43. The van der Waals surface area contributed by atoms with Crippen LogP contribution in [0.15, 0.2) is 69.6 Å². The third-order valence-corrected chi connectivity index (χ3v) is 5.42. The maximum absolute atomic E-state index is 12.6. The van der Waals surface area contributed by atoms with Crippen LogP contribution in [0.5, 0.6) is 5.75 Å². The monoisotopic (exact) mass is 425 g/mol. The summed E-state index contributed by atoms with van der Waals surface area (Å²) in [6.45, 7) is 0.266. The molecule has 27 heavy (non-hydrogen) atoms. The van der Waals surface area contributed by atoms with Crippen LogP contribution >= 0.6 is 15.9 Å².